The fraction of sp³-hybridized carbons (Fsp3) is 0.500. The number of piperidine rings is 1. The molecule has 0 N–H and O–H groups in total. The lowest BCUT2D eigenvalue weighted by atomic mass is 9.89. The molecule has 2 aromatic heterocycles. The molecule has 0 aromatic carbocycles. The standard InChI is InChI=1S/C16H18FN5O2/c17-12-8-20-14(21-9-12)22-6-1-3-16(11-22)7-13(10-23-16)24-15-18-4-2-5-19-15/h2,4-5,8-9,13H,1,3,6-7,10-11H2/t13-,16-/m0/s1. The first-order chi connectivity index (χ1) is 11.7. The Morgan fingerprint density at radius 3 is 2.79 bits per heavy atom. The van der Waals surface area contributed by atoms with Gasteiger partial charge in [0, 0.05) is 31.9 Å². The van der Waals surface area contributed by atoms with Gasteiger partial charge in [0.1, 0.15) is 6.10 Å². The zero-order valence-electron chi connectivity index (χ0n) is 13.1. The Hall–Kier alpha value is -2.35. The quantitative estimate of drug-likeness (QED) is 0.846. The van der Waals surface area contributed by atoms with E-state index in [4.69, 9.17) is 9.47 Å². The SMILES string of the molecule is Fc1cnc(N2CCC[C@]3(C[C@H](Oc4ncccn4)CO3)C2)nc1. The average Bonchev–Trinajstić information content (AvgIpc) is 2.98. The lowest BCUT2D eigenvalue weighted by Gasteiger charge is -2.39. The normalized spacial score (nSPS) is 26.7. The van der Waals surface area contributed by atoms with E-state index in [-0.39, 0.29) is 11.7 Å². The minimum Gasteiger partial charge on any atom is -0.458 e. The Morgan fingerprint density at radius 2 is 2.00 bits per heavy atom. The molecule has 4 rings (SSSR count). The summed E-state index contributed by atoms with van der Waals surface area (Å²) in [4.78, 5) is 18.4. The van der Waals surface area contributed by atoms with E-state index < -0.39 is 5.82 Å². The van der Waals surface area contributed by atoms with Crippen molar-refractivity contribution >= 4 is 5.95 Å². The molecule has 0 radical (unpaired) electrons. The Labute approximate surface area is 138 Å². The minimum absolute atomic E-state index is 0.0681. The molecule has 2 saturated heterocycles. The average molecular weight is 331 g/mol. The van der Waals surface area contributed by atoms with Crippen molar-refractivity contribution < 1.29 is 13.9 Å². The summed E-state index contributed by atoms with van der Waals surface area (Å²) in [6.07, 6.45) is 8.32. The Balaban J connectivity index is 1.43. The molecule has 0 aliphatic carbocycles. The molecule has 4 heterocycles. The summed E-state index contributed by atoms with van der Waals surface area (Å²) >= 11 is 0. The van der Waals surface area contributed by atoms with Crippen LogP contribution in [0.4, 0.5) is 10.3 Å². The highest BCUT2D eigenvalue weighted by molar-refractivity contribution is 5.31. The maximum atomic E-state index is 13.0. The van der Waals surface area contributed by atoms with Crippen molar-refractivity contribution in [1.82, 2.24) is 19.9 Å². The molecule has 2 fully saturated rings. The van der Waals surface area contributed by atoms with Crippen LogP contribution in [0.15, 0.2) is 30.9 Å². The van der Waals surface area contributed by atoms with Crippen LogP contribution in [-0.2, 0) is 4.74 Å². The second-order valence-corrected chi connectivity index (χ2v) is 6.20. The van der Waals surface area contributed by atoms with Gasteiger partial charge in [0.05, 0.1) is 24.6 Å². The number of halogens is 1. The molecule has 126 valence electrons. The lowest BCUT2D eigenvalue weighted by molar-refractivity contribution is -0.00859. The van der Waals surface area contributed by atoms with Crippen molar-refractivity contribution in [3.63, 3.8) is 0 Å². The van der Waals surface area contributed by atoms with Gasteiger partial charge in [-0.15, -0.1) is 0 Å². The molecule has 0 amide bonds. The van der Waals surface area contributed by atoms with Crippen LogP contribution in [0.5, 0.6) is 6.01 Å². The third-order valence-corrected chi connectivity index (χ3v) is 4.42. The zero-order valence-corrected chi connectivity index (χ0v) is 13.1. The zero-order chi connectivity index (χ0) is 16.4. The van der Waals surface area contributed by atoms with Crippen molar-refractivity contribution in [3.05, 3.63) is 36.7 Å². The fourth-order valence-electron chi connectivity index (χ4n) is 3.40. The number of ether oxygens (including phenoxy) is 2. The van der Waals surface area contributed by atoms with Crippen LogP contribution in [0.3, 0.4) is 0 Å². The van der Waals surface area contributed by atoms with E-state index in [1.165, 1.54) is 12.4 Å². The van der Waals surface area contributed by atoms with Crippen molar-refractivity contribution in [1.29, 1.82) is 0 Å². The molecular formula is C16H18FN5O2. The van der Waals surface area contributed by atoms with Crippen molar-refractivity contribution in [2.45, 2.75) is 31.0 Å². The minimum atomic E-state index is -0.432. The number of hydrogen-bond acceptors (Lipinski definition) is 7. The molecule has 2 aromatic rings. The van der Waals surface area contributed by atoms with Gasteiger partial charge in [0.2, 0.25) is 5.95 Å². The smallest absolute Gasteiger partial charge is 0.316 e. The third kappa shape index (κ3) is 3.14. The van der Waals surface area contributed by atoms with Crippen LogP contribution in [0, 0.1) is 5.82 Å². The van der Waals surface area contributed by atoms with Gasteiger partial charge in [-0.25, -0.2) is 24.3 Å². The van der Waals surface area contributed by atoms with Crippen molar-refractivity contribution in [2.75, 3.05) is 24.6 Å². The number of hydrogen-bond donors (Lipinski definition) is 0. The first-order valence-electron chi connectivity index (χ1n) is 8.03. The van der Waals surface area contributed by atoms with Crippen LogP contribution in [-0.4, -0.2) is 51.3 Å². The Bertz CT molecular complexity index is 687. The summed E-state index contributed by atoms with van der Waals surface area (Å²) in [6, 6.07) is 2.12. The van der Waals surface area contributed by atoms with Crippen LogP contribution in [0.25, 0.3) is 0 Å². The maximum Gasteiger partial charge on any atom is 0.316 e. The monoisotopic (exact) mass is 331 g/mol. The van der Waals surface area contributed by atoms with Crippen LogP contribution >= 0.6 is 0 Å². The second-order valence-electron chi connectivity index (χ2n) is 6.20. The molecule has 7 nitrogen and oxygen atoms in total. The maximum absolute atomic E-state index is 13.0. The van der Waals surface area contributed by atoms with E-state index in [1.54, 1.807) is 18.5 Å². The van der Waals surface area contributed by atoms with E-state index in [1.807, 2.05) is 4.90 Å². The topological polar surface area (TPSA) is 73.3 Å². The fourth-order valence-corrected chi connectivity index (χ4v) is 3.40. The van der Waals surface area contributed by atoms with Crippen molar-refractivity contribution in [3.8, 4) is 6.01 Å². The Morgan fingerprint density at radius 1 is 1.21 bits per heavy atom. The highest BCUT2D eigenvalue weighted by atomic mass is 19.1. The predicted molar refractivity (Wildman–Crippen MR) is 83.2 cm³/mol. The molecule has 24 heavy (non-hydrogen) atoms. The van der Waals surface area contributed by atoms with E-state index in [2.05, 4.69) is 19.9 Å². The van der Waals surface area contributed by atoms with Crippen LogP contribution in [0.2, 0.25) is 0 Å². The first-order valence-corrected chi connectivity index (χ1v) is 8.03. The van der Waals surface area contributed by atoms with Crippen LogP contribution in [0.1, 0.15) is 19.3 Å². The highest BCUT2D eigenvalue weighted by Crippen LogP contribution is 2.36. The third-order valence-electron chi connectivity index (χ3n) is 4.42. The van der Waals surface area contributed by atoms with Gasteiger partial charge in [-0.1, -0.05) is 0 Å². The largest absolute Gasteiger partial charge is 0.458 e. The van der Waals surface area contributed by atoms with Crippen molar-refractivity contribution in [2.24, 2.45) is 0 Å². The summed E-state index contributed by atoms with van der Waals surface area (Å²) in [5, 5.41) is 0. The molecule has 1 spiro atoms. The Kier molecular flexibility index (Phi) is 3.97. The molecule has 0 bridgehead atoms. The second kappa shape index (κ2) is 6.27. The predicted octanol–water partition coefficient (Wildman–Crippen LogP) is 1.61. The summed E-state index contributed by atoms with van der Waals surface area (Å²) in [5.41, 5.74) is -0.282. The van der Waals surface area contributed by atoms with E-state index in [9.17, 15) is 4.39 Å². The van der Waals surface area contributed by atoms with E-state index >= 15 is 0 Å². The van der Waals surface area contributed by atoms with Crippen LogP contribution < -0.4 is 9.64 Å². The molecule has 0 saturated carbocycles. The number of rotatable bonds is 3. The summed E-state index contributed by atoms with van der Waals surface area (Å²) in [6.45, 7) is 2.02. The molecule has 8 heteroatoms. The van der Waals surface area contributed by atoms with Gasteiger partial charge in [-0.05, 0) is 18.9 Å². The molecular weight excluding hydrogens is 313 g/mol. The number of nitrogens with zero attached hydrogens (tertiary/aromatic N) is 5. The van der Waals surface area contributed by atoms with Gasteiger partial charge in [0.15, 0.2) is 5.82 Å². The van der Waals surface area contributed by atoms with Gasteiger partial charge in [0.25, 0.3) is 0 Å². The molecule has 2 aliphatic heterocycles. The van der Waals surface area contributed by atoms with Gasteiger partial charge in [-0.3, -0.25) is 0 Å². The van der Waals surface area contributed by atoms with E-state index in [0.29, 0.717) is 25.1 Å². The van der Waals surface area contributed by atoms with Gasteiger partial charge in [-0.2, -0.15) is 0 Å². The first kappa shape index (κ1) is 15.2. The van der Waals surface area contributed by atoms with Gasteiger partial charge < -0.3 is 14.4 Å². The molecule has 2 aliphatic rings. The lowest BCUT2D eigenvalue weighted by Crippen LogP contribution is -2.48. The summed E-state index contributed by atoms with van der Waals surface area (Å²) in [7, 11) is 0. The molecule has 2 atom stereocenters. The highest BCUT2D eigenvalue weighted by Gasteiger charge is 2.45. The van der Waals surface area contributed by atoms with E-state index in [0.717, 1.165) is 25.8 Å². The van der Waals surface area contributed by atoms with Gasteiger partial charge >= 0.3 is 6.01 Å². The summed E-state index contributed by atoms with van der Waals surface area (Å²) in [5.74, 6) is 0.105. The number of anilines is 1. The number of aromatic nitrogens is 4. The summed E-state index contributed by atoms with van der Waals surface area (Å²) < 4.78 is 24.9. The molecule has 0 unspecified atom stereocenters.